The molecule has 0 radical (unpaired) electrons. The summed E-state index contributed by atoms with van der Waals surface area (Å²) in [4.78, 5) is 12.9. The molecule has 0 bridgehead atoms. The molecular formula is C25H30N2O5S2. The monoisotopic (exact) mass is 502 g/mol. The Hall–Kier alpha value is -2.91. The van der Waals surface area contributed by atoms with Crippen LogP contribution < -0.4 is 14.4 Å². The summed E-state index contributed by atoms with van der Waals surface area (Å²) in [6.07, 6.45) is 2.41. The lowest BCUT2D eigenvalue weighted by atomic mass is 10.2. The number of benzene rings is 2. The fourth-order valence-electron chi connectivity index (χ4n) is 3.23. The zero-order chi connectivity index (χ0) is 24.4. The largest absolute Gasteiger partial charge is 0.492 e. The van der Waals surface area contributed by atoms with Crippen LogP contribution in [0.25, 0.3) is 0 Å². The van der Waals surface area contributed by atoms with Crippen molar-refractivity contribution in [3.63, 3.8) is 0 Å². The van der Waals surface area contributed by atoms with Crippen LogP contribution in [-0.2, 0) is 20.6 Å². The van der Waals surface area contributed by atoms with Gasteiger partial charge in [0.25, 0.3) is 10.0 Å². The normalized spacial score (nSPS) is 11.2. The van der Waals surface area contributed by atoms with E-state index in [1.807, 2.05) is 26.0 Å². The van der Waals surface area contributed by atoms with Crippen LogP contribution in [0.5, 0.6) is 5.75 Å². The summed E-state index contributed by atoms with van der Waals surface area (Å²) < 4.78 is 39.2. The van der Waals surface area contributed by atoms with E-state index in [2.05, 4.69) is 5.32 Å². The standard InChI is InChI=1S/C25H30N2O5S2/c1-3-31-24-10-5-4-9-23(24)27(34(29,30)22-13-11-20(2)12-14-22)18-25(28)26-15-7-17-33-19-21-8-6-16-32-21/h4-6,8-14,16H,3,7,15,17-19H2,1-2H3,(H,26,28). The van der Waals surface area contributed by atoms with Crippen LogP contribution in [0.2, 0.25) is 0 Å². The Bertz CT molecular complexity index is 1150. The number of rotatable bonds is 13. The average molecular weight is 503 g/mol. The van der Waals surface area contributed by atoms with Crippen LogP contribution >= 0.6 is 11.8 Å². The third-order valence-corrected chi connectivity index (χ3v) is 7.78. The van der Waals surface area contributed by atoms with Crippen molar-refractivity contribution >= 4 is 33.4 Å². The van der Waals surface area contributed by atoms with Crippen LogP contribution in [0.4, 0.5) is 5.69 Å². The minimum absolute atomic E-state index is 0.117. The van der Waals surface area contributed by atoms with Gasteiger partial charge in [-0.1, -0.05) is 29.8 Å². The van der Waals surface area contributed by atoms with Gasteiger partial charge >= 0.3 is 0 Å². The smallest absolute Gasteiger partial charge is 0.264 e. The van der Waals surface area contributed by atoms with Gasteiger partial charge in [-0.05, 0) is 62.4 Å². The molecule has 1 N–H and O–H groups in total. The van der Waals surface area contributed by atoms with E-state index in [1.165, 1.54) is 0 Å². The molecule has 34 heavy (non-hydrogen) atoms. The maximum atomic E-state index is 13.5. The number of amides is 1. The Kier molecular flexibility index (Phi) is 9.47. The Morgan fingerprint density at radius 3 is 2.56 bits per heavy atom. The second kappa shape index (κ2) is 12.5. The van der Waals surface area contributed by atoms with E-state index in [0.29, 0.717) is 24.6 Å². The minimum Gasteiger partial charge on any atom is -0.492 e. The number of carbonyl (C=O) groups is 1. The number of carbonyl (C=O) groups excluding carboxylic acids is 1. The number of sulfonamides is 1. The molecule has 1 aromatic heterocycles. The molecule has 7 nitrogen and oxygen atoms in total. The number of thioether (sulfide) groups is 1. The fourth-order valence-corrected chi connectivity index (χ4v) is 5.52. The van der Waals surface area contributed by atoms with Gasteiger partial charge < -0.3 is 14.5 Å². The fraction of sp³-hybridized carbons (Fsp3) is 0.320. The van der Waals surface area contributed by atoms with Gasteiger partial charge in [-0.3, -0.25) is 9.10 Å². The molecule has 0 spiro atoms. The van der Waals surface area contributed by atoms with Crippen molar-refractivity contribution in [2.45, 2.75) is 30.9 Å². The van der Waals surface area contributed by atoms with Crippen molar-refractivity contribution in [1.29, 1.82) is 0 Å². The molecule has 1 heterocycles. The van der Waals surface area contributed by atoms with Gasteiger partial charge in [0.05, 0.1) is 29.2 Å². The highest BCUT2D eigenvalue weighted by atomic mass is 32.2. The van der Waals surface area contributed by atoms with Crippen molar-refractivity contribution in [2.24, 2.45) is 0 Å². The minimum atomic E-state index is -3.99. The first-order chi connectivity index (χ1) is 16.4. The third-order valence-electron chi connectivity index (χ3n) is 4.94. The molecule has 2 aromatic carbocycles. The van der Waals surface area contributed by atoms with Crippen LogP contribution in [0.1, 0.15) is 24.7 Å². The molecule has 9 heteroatoms. The van der Waals surface area contributed by atoms with Crippen molar-refractivity contribution in [2.75, 3.05) is 29.8 Å². The molecular weight excluding hydrogens is 472 g/mol. The Balaban J connectivity index is 1.68. The number of furan rings is 1. The van der Waals surface area contributed by atoms with Gasteiger partial charge in [0.2, 0.25) is 5.91 Å². The lowest BCUT2D eigenvalue weighted by molar-refractivity contribution is -0.119. The summed E-state index contributed by atoms with van der Waals surface area (Å²) in [5.41, 5.74) is 1.27. The predicted molar refractivity (Wildman–Crippen MR) is 136 cm³/mol. The molecule has 182 valence electrons. The van der Waals surface area contributed by atoms with Crippen molar-refractivity contribution in [3.05, 3.63) is 78.3 Å². The zero-order valence-electron chi connectivity index (χ0n) is 19.4. The van der Waals surface area contributed by atoms with Gasteiger partial charge in [0.1, 0.15) is 18.1 Å². The molecule has 1 amide bonds. The number of nitrogens with one attached hydrogen (secondary N) is 1. The Morgan fingerprint density at radius 1 is 1.09 bits per heavy atom. The molecule has 0 aliphatic carbocycles. The number of aryl methyl sites for hydroxylation is 1. The second-order valence-electron chi connectivity index (χ2n) is 7.56. The van der Waals surface area contributed by atoms with Crippen LogP contribution in [-0.4, -0.2) is 39.8 Å². The molecule has 0 fully saturated rings. The summed E-state index contributed by atoms with van der Waals surface area (Å²) in [7, 11) is -3.99. The summed E-state index contributed by atoms with van der Waals surface area (Å²) in [5.74, 6) is 2.57. The maximum Gasteiger partial charge on any atom is 0.264 e. The number of nitrogens with zero attached hydrogens (tertiary/aromatic N) is 1. The summed E-state index contributed by atoms with van der Waals surface area (Å²) >= 11 is 1.72. The number of anilines is 1. The molecule has 0 aliphatic heterocycles. The number of para-hydroxylation sites is 2. The quantitative estimate of drug-likeness (QED) is 0.343. The van der Waals surface area contributed by atoms with Crippen molar-refractivity contribution < 1.29 is 22.4 Å². The molecule has 0 aliphatic rings. The highest BCUT2D eigenvalue weighted by Crippen LogP contribution is 2.32. The highest BCUT2D eigenvalue weighted by Gasteiger charge is 2.29. The lowest BCUT2D eigenvalue weighted by Crippen LogP contribution is -2.41. The summed E-state index contributed by atoms with van der Waals surface area (Å²) in [6.45, 7) is 4.19. The van der Waals surface area contributed by atoms with Gasteiger partial charge in [-0.15, -0.1) is 0 Å². The number of ether oxygens (including phenoxy) is 1. The highest BCUT2D eigenvalue weighted by molar-refractivity contribution is 7.98. The van der Waals surface area contributed by atoms with Crippen molar-refractivity contribution in [1.82, 2.24) is 5.32 Å². The Morgan fingerprint density at radius 2 is 1.85 bits per heavy atom. The lowest BCUT2D eigenvalue weighted by Gasteiger charge is -2.26. The van der Waals surface area contributed by atoms with Gasteiger partial charge in [-0.25, -0.2) is 8.42 Å². The molecule has 0 saturated heterocycles. The Labute approximate surface area is 205 Å². The topological polar surface area (TPSA) is 88.8 Å². The third kappa shape index (κ3) is 7.04. The van der Waals surface area contributed by atoms with E-state index in [9.17, 15) is 13.2 Å². The molecule has 0 saturated carbocycles. The summed E-state index contributed by atoms with van der Waals surface area (Å²) in [6, 6.07) is 17.2. The van der Waals surface area contributed by atoms with Gasteiger partial charge in [-0.2, -0.15) is 11.8 Å². The molecule has 3 aromatic rings. The van der Waals surface area contributed by atoms with E-state index in [1.54, 1.807) is 66.6 Å². The van der Waals surface area contributed by atoms with Crippen molar-refractivity contribution in [3.8, 4) is 5.75 Å². The maximum absolute atomic E-state index is 13.5. The second-order valence-corrected chi connectivity index (χ2v) is 10.5. The van der Waals surface area contributed by atoms with E-state index >= 15 is 0 Å². The van der Waals surface area contributed by atoms with Gasteiger partial charge in [0.15, 0.2) is 0 Å². The predicted octanol–water partition coefficient (Wildman–Crippen LogP) is 4.62. The number of hydrogen-bond donors (Lipinski definition) is 1. The molecule has 0 unspecified atom stereocenters. The molecule has 3 rings (SSSR count). The van der Waals surface area contributed by atoms with Crippen LogP contribution in [0.3, 0.4) is 0 Å². The van der Waals surface area contributed by atoms with E-state index in [-0.39, 0.29) is 17.3 Å². The first-order valence-electron chi connectivity index (χ1n) is 11.1. The van der Waals surface area contributed by atoms with Crippen LogP contribution in [0.15, 0.2) is 76.2 Å². The average Bonchev–Trinajstić information content (AvgIpc) is 3.34. The summed E-state index contributed by atoms with van der Waals surface area (Å²) in [5, 5.41) is 2.84. The molecule has 0 atom stereocenters. The van der Waals surface area contributed by atoms with E-state index in [0.717, 1.165) is 33.6 Å². The zero-order valence-corrected chi connectivity index (χ0v) is 21.0. The van der Waals surface area contributed by atoms with E-state index in [4.69, 9.17) is 9.15 Å². The van der Waals surface area contributed by atoms with Gasteiger partial charge in [0, 0.05) is 6.54 Å². The van der Waals surface area contributed by atoms with Crippen LogP contribution in [0, 0.1) is 6.92 Å². The SMILES string of the molecule is CCOc1ccccc1N(CC(=O)NCCCSCc1ccco1)S(=O)(=O)c1ccc(C)cc1. The number of hydrogen-bond acceptors (Lipinski definition) is 6. The first-order valence-corrected chi connectivity index (χ1v) is 13.7. The van der Waals surface area contributed by atoms with E-state index < -0.39 is 10.0 Å². The first kappa shape index (κ1) is 25.7.